The second kappa shape index (κ2) is 4.56. The lowest BCUT2D eigenvalue weighted by atomic mass is 9.90. The molecule has 0 amide bonds. The maximum absolute atomic E-state index is 11.5. The van der Waals surface area contributed by atoms with Gasteiger partial charge in [0.25, 0.3) is 0 Å². The van der Waals surface area contributed by atoms with Crippen LogP contribution >= 0.6 is 11.3 Å². The van der Waals surface area contributed by atoms with E-state index in [2.05, 4.69) is 11.4 Å². The van der Waals surface area contributed by atoms with Crippen LogP contribution in [0.1, 0.15) is 25.6 Å². The van der Waals surface area contributed by atoms with Crippen LogP contribution in [-0.2, 0) is 11.2 Å². The van der Waals surface area contributed by atoms with E-state index in [0.29, 0.717) is 0 Å². The summed E-state index contributed by atoms with van der Waals surface area (Å²) in [5.41, 5.74) is -0.258. The molecule has 0 aliphatic heterocycles. The van der Waals surface area contributed by atoms with E-state index in [4.69, 9.17) is 0 Å². The third-order valence-corrected chi connectivity index (χ3v) is 2.81. The molecule has 0 fully saturated rings. The van der Waals surface area contributed by atoms with Crippen LogP contribution < -0.4 is 0 Å². The Morgan fingerprint density at radius 1 is 1.50 bits per heavy atom. The summed E-state index contributed by atoms with van der Waals surface area (Å²) in [4.78, 5) is 12.8. The zero-order valence-electron chi connectivity index (χ0n) is 8.91. The predicted octanol–water partition coefficient (Wildman–Crippen LogP) is 3.46. The largest absolute Gasteiger partial charge is 0.294 e. The SMILES string of the molecule is CC(C)(C)C(=O)/C=C/Cc1cccs1. The van der Waals surface area contributed by atoms with E-state index in [9.17, 15) is 4.79 Å². The molecular formula is C12H16OS. The van der Waals surface area contributed by atoms with Crippen LogP contribution in [0.2, 0.25) is 0 Å². The topological polar surface area (TPSA) is 17.1 Å². The minimum atomic E-state index is -0.258. The summed E-state index contributed by atoms with van der Waals surface area (Å²) in [5, 5.41) is 2.05. The lowest BCUT2D eigenvalue weighted by molar-refractivity contribution is -0.121. The molecule has 0 aliphatic carbocycles. The maximum Gasteiger partial charge on any atom is 0.160 e. The van der Waals surface area contributed by atoms with Gasteiger partial charge in [0.1, 0.15) is 0 Å². The summed E-state index contributed by atoms with van der Waals surface area (Å²) in [6.07, 6.45) is 4.50. The summed E-state index contributed by atoms with van der Waals surface area (Å²) in [7, 11) is 0. The summed E-state index contributed by atoms with van der Waals surface area (Å²) in [6, 6.07) is 4.11. The van der Waals surface area contributed by atoms with Crippen LogP contribution in [0.25, 0.3) is 0 Å². The van der Waals surface area contributed by atoms with Crippen molar-refractivity contribution in [2.75, 3.05) is 0 Å². The number of carbonyl (C=O) groups excluding carboxylic acids is 1. The Balaban J connectivity index is 2.46. The molecule has 0 unspecified atom stereocenters. The molecule has 1 aromatic heterocycles. The molecule has 1 heterocycles. The highest BCUT2D eigenvalue weighted by Crippen LogP contribution is 2.15. The zero-order valence-corrected chi connectivity index (χ0v) is 9.73. The number of ketones is 1. The second-order valence-electron chi connectivity index (χ2n) is 4.30. The predicted molar refractivity (Wildman–Crippen MR) is 61.6 cm³/mol. The Morgan fingerprint density at radius 2 is 2.21 bits per heavy atom. The number of allylic oxidation sites excluding steroid dienone is 2. The molecule has 76 valence electrons. The number of rotatable bonds is 3. The molecule has 0 spiro atoms. The summed E-state index contributed by atoms with van der Waals surface area (Å²) in [6.45, 7) is 5.81. The molecule has 0 saturated carbocycles. The van der Waals surface area contributed by atoms with E-state index < -0.39 is 0 Å². The number of hydrogen-bond donors (Lipinski definition) is 0. The van der Waals surface area contributed by atoms with Crippen molar-refractivity contribution < 1.29 is 4.79 Å². The molecule has 1 nitrogen and oxygen atoms in total. The van der Waals surface area contributed by atoms with Crippen LogP contribution in [-0.4, -0.2) is 5.78 Å². The van der Waals surface area contributed by atoms with Crippen LogP contribution in [0.4, 0.5) is 0 Å². The van der Waals surface area contributed by atoms with Crippen molar-refractivity contribution >= 4 is 17.1 Å². The van der Waals surface area contributed by atoms with Gasteiger partial charge in [-0.2, -0.15) is 0 Å². The lowest BCUT2D eigenvalue weighted by Gasteiger charge is -2.12. The molecule has 1 aromatic rings. The molecule has 0 N–H and O–H groups in total. The fraction of sp³-hybridized carbons (Fsp3) is 0.417. The van der Waals surface area contributed by atoms with Gasteiger partial charge in [-0.1, -0.05) is 32.9 Å². The minimum Gasteiger partial charge on any atom is -0.294 e. The van der Waals surface area contributed by atoms with Crippen molar-refractivity contribution in [3.8, 4) is 0 Å². The minimum absolute atomic E-state index is 0.189. The van der Waals surface area contributed by atoms with Crippen molar-refractivity contribution in [1.82, 2.24) is 0 Å². The van der Waals surface area contributed by atoms with Gasteiger partial charge in [-0.05, 0) is 17.5 Å². The first-order chi connectivity index (χ1) is 6.50. The van der Waals surface area contributed by atoms with Gasteiger partial charge in [0.05, 0.1) is 0 Å². The Labute approximate surface area is 89.5 Å². The van der Waals surface area contributed by atoms with Gasteiger partial charge in [0, 0.05) is 16.7 Å². The van der Waals surface area contributed by atoms with Gasteiger partial charge in [-0.25, -0.2) is 0 Å². The maximum atomic E-state index is 11.5. The number of carbonyl (C=O) groups is 1. The Bertz CT molecular complexity index is 315. The smallest absolute Gasteiger partial charge is 0.160 e. The van der Waals surface area contributed by atoms with Gasteiger partial charge in [0.15, 0.2) is 5.78 Å². The van der Waals surface area contributed by atoms with E-state index >= 15 is 0 Å². The van der Waals surface area contributed by atoms with E-state index in [0.717, 1.165) is 6.42 Å². The van der Waals surface area contributed by atoms with E-state index in [1.54, 1.807) is 17.4 Å². The quantitative estimate of drug-likeness (QED) is 0.695. The van der Waals surface area contributed by atoms with Gasteiger partial charge in [-0.3, -0.25) is 4.79 Å². The fourth-order valence-corrected chi connectivity index (χ4v) is 1.64. The first kappa shape index (κ1) is 11.2. The molecule has 2 heteroatoms. The molecule has 0 atom stereocenters. The monoisotopic (exact) mass is 208 g/mol. The van der Waals surface area contributed by atoms with Crippen LogP contribution in [0.3, 0.4) is 0 Å². The highest BCUT2D eigenvalue weighted by molar-refractivity contribution is 7.09. The average Bonchev–Trinajstić information content (AvgIpc) is 2.55. The van der Waals surface area contributed by atoms with Crippen molar-refractivity contribution in [2.24, 2.45) is 5.41 Å². The standard InChI is InChI=1S/C12H16OS/c1-12(2,3)11(13)8-4-6-10-7-5-9-14-10/h4-5,7-9H,6H2,1-3H3/b8-4+. The lowest BCUT2D eigenvalue weighted by Crippen LogP contribution is -2.17. The van der Waals surface area contributed by atoms with Gasteiger partial charge in [-0.15, -0.1) is 11.3 Å². The fourth-order valence-electron chi connectivity index (χ4n) is 0.961. The van der Waals surface area contributed by atoms with E-state index in [-0.39, 0.29) is 11.2 Å². The van der Waals surface area contributed by atoms with Gasteiger partial charge in [0.2, 0.25) is 0 Å². The molecule has 14 heavy (non-hydrogen) atoms. The number of hydrogen-bond acceptors (Lipinski definition) is 2. The molecular weight excluding hydrogens is 192 g/mol. The molecule has 0 aliphatic rings. The second-order valence-corrected chi connectivity index (χ2v) is 5.33. The van der Waals surface area contributed by atoms with Gasteiger partial charge < -0.3 is 0 Å². The van der Waals surface area contributed by atoms with Crippen molar-refractivity contribution in [1.29, 1.82) is 0 Å². The molecule has 1 rings (SSSR count). The van der Waals surface area contributed by atoms with Crippen molar-refractivity contribution in [3.05, 3.63) is 34.5 Å². The highest BCUT2D eigenvalue weighted by Gasteiger charge is 2.17. The third-order valence-electron chi connectivity index (χ3n) is 1.91. The zero-order chi connectivity index (χ0) is 10.6. The molecule has 0 radical (unpaired) electrons. The number of thiophene rings is 1. The third kappa shape index (κ3) is 3.46. The average molecular weight is 208 g/mol. The summed E-state index contributed by atoms with van der Waals surface area (Å²) >= 11 is 1.72. The first-order valence-corrected chi connectivity index (χ1v) is 5.61. The van der Waals surface area contributed by atoms with Crippen LogP contribution in [0.5, 0.6) is 0 Å². The van der Waals surface area contributed by atoms with Crippen LogP contribution in [0.15, 0.2) is 29.7 Å². The molecule has 0 aromatic carbocycles. The Kier molecular flexibility index (Phi) is 3.64. The normalized spacial score (nSPS) is 12.2. The Hall–Kier alpha value is -0.890. The molecule has 0 bridgehead atoms. The Morgan fingerprint density at radius 3 is 2.71 bits per heavy atom. The van der Waals surface area contributed by atoms with Gasteiger partial charge >= 0.3 is 0 Å². The van der Waals surface area contributed by atoms with E-state index in [1.165, 1.54) is 4.88 Å². The molecule has 0 saturated heterocycles. The summed E-state index contributed by atoms with van der Waals surface area (Å²) in [5.74, 6) is 0.189. The first-order valence-electron chi connectivity index (χ1n) is 4.73. The summed E-state index contributed by atoms with van der Waals surface area (Å²) < 4.78 is 0. The highest BCUT2D eigenvalue weighted by atomic mass is 32.1. The van der Waals surface area contributed by atoms with Crippen molar-refractivity contribution in [3.63, 3.8) is 0 Å². The van der Waals surface area contributed by atoms with Crippen molar-refractivity contribution in [2.45, 2.75) is 27.2 Å². The van der Waals surface area contributed by atoms with E-state index in [1.807, 2.05) is 32.9 Å². The van der Waals surface area contributed by atoms with Crippen LogP contribution in [0, 0.1) is 5.41 Å².